The zero-order chi connectivity index (χ0) is 31.2. The summed E-state index contributed by atoms with van der Waals surface area (Å²) in [7, 11) is -3.25. The Balaban J connectivity index is 1.58. The number of carbonyl (C=O) groups is 2. The molecule has 2 aliphatic rings. The molecule has 0 saturated heterocycles. The molecule has 2 saturated carbocycles. The van der Waals surface area contributed by atoms with Crippen LogP contribution in [0, 0.1) is 29.4 Å². The Kier molecular flexibility index (Phi) is 8.02. The molecule has 0 aliphatic heterocycles. The molecule has 2 aliphatic carbocycles. The topological polar surface area (TPSA) is 90.0 Å². The van der Waals surface area contributed by atoms with Crippen LogP contribution in [0.5, 0.6) is 5.75 Å². The number of hydrogen-bond acceptors (Lipinski definition) is 6. The number of fused-ring (bicyclic) bond motifs is 2. The van der Waals surface area contributed by atoms with Gasteiger partial charge in [-0.15, -0.1) is 0 Å². The molecule has 12 heteroatoms. The minimum absolute atomic E-state index is 0.0178. The number of hydrogen-bond donors (Lipinski definition) is 0. The monoisotopic (exact) mass is 619 g/mol. The van der Waals surface area contributed by atoms with Crippen molar-refractivity contribution in [3.05, 3.63) is 77.9 Å². The van der Waals surface area contributed by atoms with Crippen LogP contribution in [-0.2, 0) is 24.3 Å². The Labute approximate surface area is 246 Å². The van der Waals surface area contributed by atoms with Gasteiger partial charge in [0.25, 0.3) is 10.0 Å². The third kappa shape index (κ3) is 5.72. The molecule has 0 amide bonds. The van der Waals surface area contributed by atoms with E-state index in [9.17, 15) is 31.2 Å². The third-order valence-electron chi connectivity index (χ3n) is 8.56. The van der Waals surface area contributed by atoms with Crippen molar-refractivity contribution in [3.63, 3.8) is 0 Å². The number of sulfonamides is 1. The molecule has 0 unspecified atom stereocenters. The molecule has 3 aromatic carbocycles. The number of Topliss-reactive ketones (excluding diaryl/α,β-unsaturated/α-hetero) is 1. The summed E-state index contributed by atoms with van der Waals surface area (Å²) in [6.45, 7) is -2.26. The number of carbonyl (C=O) groups excluding carboxylic acids is 2. The van der Waals surface area contributed by atoms with E-state index in [-0.39, 0.29) is 22.4 Å². The van der Waals surface area contributed by atoms with Crippen LogP contribution in [0.4, 0.5) is 23.2 Å². The van der Waals surface area contributed by atoms with E-state index in [4.69, 9.17) is 4.74 Å². The number of ether oxygens (including phenoxy) is 2. The van der Waals surface area contributed by atoms with Gasteiger partial charge in [0.2, 0.25) is 0 Å². The number of halogens is 4. The highest BCUT2D eigenvalue weighted by atomic mass is 32.2. The maximum absolute atomic E-state index is 15.5. The minimum Gasteiger partial charge on any atom is -0.469 e. The van der Waals surface area contributed by atoms with Gasteiger partial charge in [0.1, 0.15) is 17.4 Å². The lowest BCUT2D eigenvalue weighted by Crippen LogP contribution is -2.42. The van der Waals surface area contributed by atoms with Crippen LogP contribution in [0.15, 0.2) is 65.6 Å². The molecule has 0 aromatic heterocycles. The van der Waals surface area contributed by atoms with Gasteiger partial charge in [-0.3, -0.25) is 13.9 Å². The van der Waals surface area contributed by atoms with Crippen LogP contribution >= 0.6 is 0 Å². The Morgan fingerprint density at radius 1 is 0.930 bits per heavy atom. The number of esters is 1. The van der Waals surface area contributed by atoms with Gasteiger partial charge in [0, 0.05) is 11.5 Å². The van der Waals surface area contributed by atoms with Crippen molar-refractivity contribution in [2.45, 2.75) is 50.5 Å². The van der Waals surface area contributed by atoms with Crippen LogP contribution in [-0.4, -0.2) is 40.4 Å². The first kappa shape index (κ1) is 30.5. The van der Waals surface area contributed by atoms with E-state index in [2.05, 4.69) is 4.74 Å². The van der Waals surface area contributed by atoms with E-state index in [0.29, 0.717) is 35.6 Å². The average molecular weight is 620 g/mol. The second kappa shape index (κ2) is 11.3. The molecule has 228 valence electrons. The van der Waals surface area contributed by atoms with Crippen molar-refractivity contribution < 1.29 is 45.0 Å². The zero-order valence-electron chi connectivity index (χ0n) is 23.4. The van der Waals surface area contributed by atoms with Crippen LogP contribution in [0.1, 0.15) is 37.7 Å². The number of ketones is 1. The quantitative estimate of drug-likeness (QED) is 0.192. The van der Waals surface area contributed by atoms with Crippen LogP contribution in [0.2, 0.25) is 0 Å². The number of anilines is 1. The maximum Gasteiger partial charge on any atom is 0.387 e. The van der Waals surface area contributed by atoms with E-state index in [0.717, 1.165) is 30.3 Å². The summed E-state index contributed by atoms with van der Waals surface area (Å²) in [6.07, 6.45) is 1.77. The highest BCUT2D eigenvalue weighted by molar-refractivity contribution is 7.92. The maximum atomic E-state index is 15.5. The number of benzene rings is 3. The van der Waals surface area contributed by atoms with Gasteiger partial charge in [-0.05, 0) is 92.1 Å². The Bertz CT molecular complexity index is 1690. The fourth-order valence-corrected chi connectivity index (χ4v) is 7.89. The molecule has 0 heterocycles. The molecule has 2 fully saturated rings. The lowest BCUT2D eigenvalue weighted by Gasteiger charge is -2.30. The molecular formula is C31H29F4NO6S. The predicted molar refractivity (Wildman–Crippen MR) is 149 cm³/mol. The number of rotatable bonds is 10. The number of aryl methyl sites for hydroxylation is 1. The van der Waals surface area contributed by atoms with Gasteiger partial charge in [0.15, 0.2) is 5.78 Å². The highest BCUT2D eigenvalue weighted by Gasteiger charge is 2.61. The summed E-state index contributed by atoms with van der Waals surface area (Å²) in [5, 5.41) is 0. The van der Waals surface area contributed by atoms with E-state index in [1.165, 1.54) is 31.4 Å². The molecule has 43 heavy (non-hydrogen) atoms. The lowest BCUT2D eigenvalue weighted by atomic mass is 9.79. The standard InChI is InChI=1S/C31H29F4NO6S/c1-19-4-3-5-24(12-19)43(39,40)36(17-27(37)30-8-10-31(18-30,11-9-30)28(38)41-2)26-15-20(6-7-25(26)33)21-13-22(32)16-23(14-21)42-29(34)35/h3-7,12-16,29H,8-11,17-18H2,1-2H3. The fraction of sp³-hybridized carbons (Fsp3) is 0.355. The normalized spacial score (nSPS) is 21.2. The first-order valence-electron chi connectivity index (χ1n) is 13.6. The van der Waals surface area contributed by atoms with Crippen LogP contribution in [0.3, 0.4) is 0 Å². The molecule has 5 rings (SSSR count). The Morgan fingerprint density at radius 2 is 1.63 bits per heavy atom. The van der Waals surface area contributed by atoms with Gasteiger partial charge in [-0.1, -0.05) is 18.2 Å². The number of nitrogens with zero attached hydrogens (tertiary/aromatic N) is 1. The lowest BCUT2D eigenvalue weighted by molar-refractivity contribution is -0.152. The van der Waals surface area contributed by atoms with Crippen molar-refractivity contribution >= 4 is 27.5 Å². The van der Waals surface area contributed by atoms with E-state index in [1.54, 1.807) is 13.0 Å². The predicted octanol–water partition coefficient (Wildman–Crippen LogP) is 6.43. The average Bonchev–Trinajstić information content (AvgIpc) is 3.54. The molecule has 0 spiro atoms. The van der Waals surface area contributed by atoms with E-state index < -0.39 is 68.8 Å². The van der Waals surface area contributed by atoms with Crippen LogP contribution in [0.25, 0.3) is 11.1 Å². The van der Waals surface area contributed by atoms with Gasteiger partial charge in [-0.25, -0.2) is 17.2 Å². The zero-order valence-corrected chi connectivity index (χ0v) is 24.2. The van der Waals surface area contributed by atoms with Crippen molar-refractivity contribution in [2.75, 3.05) is 18.0 Å². The van der Waals surface area contributed by atoms with Crippen molar-refractivity contribution in [2.24, 2.45) is 10.8 Å². The Morgan fingerprint density at radius 3 is 2.28 bits per heavy atom. The van der Waals surface area contributed by atoms with Crippen LogP contribution < -0.4 is 9.04 Å². The van der Waals surface area contributed by atoms with Crippen molar-refractivity contribution in [3.8, 4) is 16.9 Å². The van der Waals surface area contributed by atoms with E-state index >= 15 is 4.39 Å². The summed E-state index contributed by atoms with van der Waals surface area (Å²) in [5.74, 6) is -3.24. The highest BCUT2D eigenvalue weighted by Crippen LogP contribution is 2.62. The second-order valence-electron chi connectivity index (χ2n) is 11.2. The van der Waals surface area contributed by atoms with Gasteiger partial charge >= 0.3 is 12.6 Å². The fourth-order valence-electron chi connectivity index (χ4n) is 6.36. The molecule has 2 bridgehead atoms. The third-order valence-corrected chi connectivity index (χ3v) is 10.3. The first-order chi connectivity index (χ1) is 20.3. The summed E-state index contributed by atoms with van der Waals surface area (Å²) >= 11 is 0. The van der Waals surface area contributed by atoms with Gasteiger partial charge < -0.3 is 9.47 Å². The summed E-state index contributed by atoms with van der Waals surface area (Å²) in [6, 6.07) is 12.1. The molecule has 0 N–H and O–H groups in total. The van der Waals surface area contributed by atoms with Gasteiger partial charge in [0.05, 0.1) is 29.7 Å². The van der Waals surface area contributed by atoms with E-state index in [1.807, 2.05) is 0 Å². The molecular weight excluding hydrogens is 590 g/mol. The minimum atomic E-state index is -4.53. The second-order valence-corrected chi connectivity index (χ2v) is 13.1. The SMILES string of the molecule is COC(=O)C12CCC(C(=O)CN(c3cc(-c4cc(F)cc(OC(F)F)c4)ccc3F)S(=O)(=O)c3cccc(C)c3)(CC1)C2. The number of methoxy groups -OCH3 is 1. The molecule has 0 radical (unpaired) electrons. The van der Waals surface area contributed by atoms with Gasteiger partial charge in [-0.2, -0.15) is 8.78 Å². The smallest absolute Gasteiger partial charge is 0.387 e. The summed E-state index contributed by atoms with van der Waals surface area (Å²) in [5.41, 5.74) is -1.56. The Hall–Kier alpha value is -3.93. The van der Waals surface area contributed by atoms with Crippen molar-refractivity contribution in [1.29, 1.82) is 0 Å². The molecule has 7 nitrogen and oxygen atoms in total. The van der Waals surface area contributed by atoms with Crippen molar-refractivity contribution in [1.82, 2.24) is 0 Å². The molecule has 0 atom stereocenters. The largest absolute Gasteiger partial charge is 0.469 e. The summed E-state index contributed by atoms with van der Waals surface area (Å²) < 4.78 is 93.6. The number of alkyl halides is 2. The summed E-state index contributed by atoms with van der Waals surface area (Å²) in [4.78, 5) is 26.3. The first-order valence-corrected chi connectivity index (χ1v) is 15.0. The molecule has 3 aromatic rings.